The number of esters is 3. The topological polar surface area (TPSA) is 78.9 Å². The van der Waals surface area contributed by atoms with E-state index in [-0.39, 0.29) is 37.5 Å². The molecule has 0 aromatic carbocycles. The van der Waals surface area contributed by atoms with Gasteiger partial charge in [-0.2, -0.15) is 0 Å². The first kappa shape index (κ1) is 61.6. The Bertz CT molecular complexity index is 1270. The normalized spacial score (nSPS) is 12.7. The molecule has 0 aliphatic carbocycles. The van der Waals surface area contributed by atoms with Gasteiger partial charge in [-0.25, -0.2) is 0 Å². The zero-order valence-corrected chi connectivity index (χ0v) is 42.5. The third kappa shape index (κ3) is 51.4. The van der Waals surface area contributed by atoms with E-state index in [0.717, 1.165) is 103 Å². The van der Waals surface area contributed by atoms with Crippen LogP contribution in [0, 0.1) is 0 Å². The SMILES string of the molecule is CC/C=C/C/C=C/C/C=C/CCCCCCCCC(=O)OC(COC(=O)CC/C=C/C/C=C/CCCCCCCC)COC(=O)CCCCCCC/C=C/C=C/CCCCCCCCC. The van der Waals surface area contributed by atoms with Gasteiger partial charge in [-0.3, -0.25) is 14.4 Å². The summed E-state index contributed by atoms with van der Waals surface area (Å²) in [6.45, 7) is 6.44. The van der Waals surface area contributed by atoms with Gasteiger partial charge in [0, 0.05) is 19.3 Å². The summed E-state index contributed by atoms with van der Waals surface area (Å²) in [6, 6.07) is 0. The molecule has 0 amide bonds. The second-order valence-corrected chi connectivity index (χ2v) is 17.8. The van der Waals surface area contributed by atoms with E-state index in [0.29, 0.717) is 19.3 Å². The summed E-state index contributed by atoms with van der Waals surface area (Å²) >= 11 is 0. The van der Waals surface area contributed by atoms with Gasteiger partial charge in [0.2, 0.25) is 0 Å². The maximum absolute atomic E-state index is 12.8. The van der Waals surface area contributed by atoms with E-state index in [1.54, 1.807) is 0 Å². The lowest BCUT2D eigenvalue weighted by Crippen LogP contribution is -2.30. The standard InChI is InChI=1S/C59H100O6/c1-4-7-10-13-16-19-22-25-27-29-30-32-34-37-40-43-46-49-52-58(61)64-55-56(54-63-57(60)51-48-45-42-39-36-33-24-21-18-15-12-9-6-3)65-59(62)53-50-47-44-41-38-35-31-28-26-23-20-17-14-11-8-5-2/h8,11,17,20,26-30,32-33,36,42,45,56H,4-7,9-10,12-16,18-19,21-25,31,34-35,37-41,43-44,46-55H2,1-3H3/b11-8+,20-17+,28-26+,29-27+,32-30+,36-33+,45-42+. The number of carbonyl (C=O) groups excluding carboxylic acids is 3. The third-order valence-electron chi connectivity index (χ3n) is 11.4. The van der Waals surface area contributed by atoms with Gasteiger partial charge < -0.3 is 14.2 Å². The summed E-state index contributed by atoms with van der Waals surface area (Å²) in [6.07, 6.45) is 68.7. The molecule has 0 N–H and O–H groups in total. The summed E-state index contributed by atoms with van der Waals surface area (Å²) in [7, 11) is 0. The first-order valence-corrected chi connectivity index (χ1v) is 27.1. The molecule has 0 saturated carbocycles. The molecular formula is C59H100O6. The van der Waals surface area contributed by atoms with Gasteiger partial charge in [0.05, 0.1) is 0 Å². The molecule has 372 valence electrons. The van der Waals surface area contributed by atoms with Gasteiger partial charge >= 0.3 is 17.9 Å². The summed E-state index contributed by atoms with van der Waals surface area (Å²) in [5, 5.41) is 0. The summed E-state index contributed by atoms with van der Waals surface area (Å²) < 4.78 is 16.7. The van der Waals surface area contributed by atoms with Gasteiger partial charge in [-0.1, -0.05) is 221 Å². The van der Waals surface area contributed by atoms with Crippen LogP contribution < -0.4 is 0 Å². The van der Waals surface area contributed by atoms with Gasteiger partial charge in [-0.05, 0) is 96.3 Å². The number of allylic oxidation sites excluding steroid dienone is 14. The Hall–Kier alpha value is -3.41. The second kappa shape index (κ2) is 53.2. The van der Waals surface area contributed by atoms with Crippen molar-refractivity contribution in [3.63, 3.8) is 0 Å². The molecule has 0 radical (unpaired) electrons. The lowest BCUT2D eigenvalue weighted by atomic mass is 10.1. The largest absolute Gasteiger partial charge is 0.462 e. The molecule has 0 aliphatic heterocycles. The number of unbranched alkanes of at least 4 members (excludes halogenated alkanes) is 24. The highest BCUT2D eigenvalue weighted by molar-refractivity contribution is 5.71. The van der Waals surface area contributed by atoms with Gasteiger partial charge in [-0.15, -0.1) is 0 Å². The van der Waals surface area contributed by atoms with Crippen molar-refractivity contribution in [3.8, 4) is 0 Å². The predicted octanol–water partition coefficient (Wildman–Crippen LogP) is 18.0. The molecule has 1 unspecified atom stereocenters. The van der Waals surface area contributed by atoms with Crippen molar-refractivity contribution in [2.45, 2.75) is 258 Å². The number of carbonyl (C=O) groups is 3. The smallest absolute Gasteiger partial charge is 0.306 e. The molecule has 0 aromatic heterocycles. The number of rotatable bonds is 48. The molecule has 0 bridgehead atoms. The molecule has 6 nitrogen and oxygen atoms in total. The van der Waals surface area contributed by atoms with Crippen LogP contribution in [-0.2, 0) is 28.6 Å². The zero-order chi connectivity index (χ0) is 47.2. The molecule has 0 heterocycles. The molecule has 65 heavy (non-hydrogen) atoms. The number of hydrogen-bond donors (Lipinski definition) is 0. The average molecular weight is 905 g/mol. The Morgan fingerprint density at radius 1 is 0.338 bits per heavy atom. The van der Waals surface area contributed by atoms with E-state index < -0.39 is 6.10 Å². The molecular weight excluding hydrogens is 805 g/mol. The van der Waals surface area contributed by atoms with Crippen LogP contribution in [0.5, 0.6) is 0 Å². The van der Waals surface area contributed by atoms with E-state index in [1.807, 2.05) is 6.08 Å². The maximum Gasteiger partial charge on any atom is 0.306 e. The molecule has 6 heteroatoms. The highest BCUT2D eigenvalue weighted by Crippen LogP contribution is 2.13. The Kier molecular flexibility index (Phi) is 50.4. The Morgan fingerprint density at radius 2 is 0.677 bits per heavy atom. The lowest BCUT2D eigenvalue weighted by molar-refractivity contribution is -0.166. The van der Waals surface area contributed by atoms with E-state index >= 15 is 0 Å². The van der Waals surface area contributed by atoms with Crippen LogP contribution in [0.15, 0.2) is 85.1 Å². The summed E-state index contributed by atoms with van der Waals surface area (Å²) in [5.41, 5.74) is 0. The number of ether oxygens (including phenoxy) is 3. The molecule has 0 fully saturated rings. The molecule has 0 aromatic rings. The zero-order valence-electron chi connectivity index (χ0n) is 42.5. The minimum Gasteiger partial charge on any atom is -0.462 e. The molecule has 0 aliphatic rings. The quantitative estimate of drug-likeness (QED) is 0.0199. The molecule has 1 atom stereocenters. The minimum absolute atomic E-state index is 0.107. The van der Waals surface area contributed by atoms with E-state index in [4.69, 9.17) is 14.2 Å². The van der Waals surface area contributed by atoms with Crippen molar-refractivity contribution in [2.24, 2.45) is 0 Å². The predicted molar refractivity (Wildman–Crippen MR) is 279 cm³/mol. The van der Waals surface area contributed by atoms with Crippen LogP contribution in [0.4, 0.5) is 0 Å². The van der Waals surface area contributed by atoms with Crippen molar-refractivity contribution >= 4 is 17.9 Å². The third-order valence-corrected chi connectivity index (χ3v) is 11.4. The maximum atomic E-state index is 12.8. The first-order chi connectivity index (χ1) is 32.0. The second-order valence-electron chi connectivity index (χ2n) is 17.8. The molecule has 0 spiro atoms. The fourth-order valence-electron chi connectivity index (χ4n) is 7.32. The highest BCUT2D eigenvalue weighted by atomic mass is 16.6. The summed E-state index contributed by atoms with van der Waals surface area (Å²) in [4.78, 5) is 38.0. The molecule has 0 saturated heterocycles. The van der Waals surface area contributed by atoms with Crippen molar-refractivity contribution < 1.29 is 28.6 Å². The fraction of sp³-hybridized carbons (Fsp3) is 0.712. The highest BCUT2D eigenvalue weighted by Gasteiger charge is 2.19. The first-order valence-electron chi connectivity index (χ1n) is 27.1. The van der Waals surface area contributed by atoms with Crippen LogP contribution >= 0.6 is 0 Å². The minimum atomic E-state index is -0.813. The van der Waals surface area contributed by atoms with Crippen molar-refractivity contribution in [3.05, 3.63) is 85.1 Å². The number of hydrogen-bond acceptors (Lipinski definition) is 6. The monoisotopic (exact) mass is 905 g/mol. The van der Waals surface area contributed by atoms with E-state index in [9.17, 15) is 14.4 Å². The van der Waals surface area contributed by atoms with Gasteiger partial charge in [0.1, 0.15) is 13.2 Å². The Balaban J connectivity index is 4.48. The van der Waals surface area contributed by atoms with Crippen LogP contribution in [0.25, 0.3) is 0 Å². The Morgan fingerprint density at radius 3 is 1.12 bits per heavy atom. The van der Waals surface area contributed by atoms with Crippen molar-refractivity contribution in [2.75, 3.05) is 13.2 Å². The van der Waals surface area contributed by atoms with Crippen molar-refractivity contribution in [1.29, 1.82) is 0 Å². The Labute approximate surface area is 401 Å². The van der Waals surface area contributed by atoms with Crippen molar-refractivity contribution in [1.82, 2.24) is 0 Å². The summed E-state index contributed by atoms with van der Waals surface area (Å²) in [5.74, 6) is -1.00. The lowest BCUT2D eigenvalue weighted by Gasteiger charge is -2.18. The van der Waals surface area contributed by atoms with Crippen LogP contribution in [0.1, 0.15) is 252 Å². The van der Waals surface area contributed by atoms with E-state index in [1.165, 1.54) is 103 Å². The average Bonchev–Trinajstić information content (AvgIpc) is 3.30. The van der Waals surface area contributed by atoms with Gasteiger partial charge in [0.15, 0.2) is 6.10 Å². The van der Waals surface area contributed by atoms with E-state index in [2.05, 4.69) is 99.8 Å². The van der Waals surface area contributed by atoms with Crippen LogP contribution in [0.2, 0.25) is 0 Å². The van der Waals surface area contributed by atoms with Crippen LogP contribution in [0.3, 0.4) is 0 Å². The molecule has 0 rings (SSSR count). The van der Waals surface area contributed by atoms with Crippen LogP contribution in [-0.4, -0.2) is 37.2 Å². The fourth-order valence-corrected chi connectivity index (χ4v) is 7.32. The van der Waals surface area contributed by atoms with Gasteiger partial charge in [0.25, 0.3) is 0 Å².